The van der Waals surface area contributed by atoms with Gasteiger partial charge in [-0.15, -0.1) is 0 Å². The quantitative estimate of drug-likeness (QED) is 0.553. The summed E-state index contributed by atoms with van der Waals surface area (Å²) in [5.41, 5.74) is 3.37. The van der Waals surface area contributed by atoms with Gasteiger partial charge >= 0.3 is 0 Å². The molecule has 0 unspecified atom stereocenters. The molecular weight excluding hydrogens is 370 g/mol. The van der Waals surface area contributed by atoms with Crippen molar-refractivity contribution in [3.63, 3.8) is 0 Å². The molecule has 1 N–H and O–H groups in total. The van der Waals surface area contributed by atoms with Crippen LogP contribution >= 0.6 is 11.3 Å². The number of nitrogens with zero attached hydrogens (tertiary/aromatic N) is 4. The third kappa shape index (κ3) is 3.63. The fourth-order valence-corrected chi connectivity index (χ4v) is 3.44. The molecule has 0 spiro atoms. The molecule has 136 valence electrons. The van der Waals surface area contributed by atoms with Crippen LogP contribution in [0.15, 0.2) is 73.2 Å². The molecule has 4 aromatic rings. The highest BCUT2D eigenvalue weighted by Gasteiger charge is 2.16. The number of nitriles is 1. The van der Waals surface area contributed by atoms with Crippen LogP contribution in [0, 0.1) is 11.3 Å². The molecule has 0 aliphatic rings. The van der Waals surface area contributed by atoms with E-state index in [9.17, 15) is 10.1 Å². The van der Waals surface area contributed by atoms with E-state index in [1.54, 1.807) is 42.9 Å². The van der Waals surface area contributed by atoms with Gasteiger partial charge in [0.2, 0.25) is 0 Å². The number of pyridine rings is 2. The van der Waals surface area contributed by atoms with Crippen LogP contribution in [0.5, 0.6) is 0 Å². The predicted octanol–water partition coefficient (Wildman–Crippen LogP) is 4.64. The number of carbonyl (C=O) groups is 1. The van der Waals surface area contributed by atoms with E-state index >= 15 is 0 Å². The van der Waals surface area contributed by atoms with Crippen molar-refractivity contribution < 1.29 is 6.22 Å². The molecule has 6 nitrogen and oxygen atoms in total. The van der Waals surface area contributed by atoms with Gasteiger partial charge in [-0.25, -0.2) is 4.98 Å². The third-order valence-corrected chi connectivity index (χ3v) is 4.85. The molecule has 4 rings (SSSR count). The Morgan fingerprint density at radius 2 is 1.96 bits per heavy atom. The lowest BCUT2D eigenvalue weighted by atomic mass is 10.0. The molecule has 1 aromatic carbocycles. The Labute approximate surface area is 166 Å². The summed E-state index contributed by atoms with van der Waals surface area (Å²) in [5.74, 6) is -0.295. The van der Waals surface area contributed by atoms with Gasteiger partial charge in [-0.2, -0.15) is 5.26 Å². The fraction of sp³-hybridized carbons (Fsp3) is 0. The van der Waals surface area contributed by atoms with Crippen molar-refractivity contribution >= 4 is 22.4 Å². The Hall–Kier alpha value is -3.89. The van der Waals surface area contributed by atoms with Gasteiger partial charge in [0.05, 0.1) is 5.69 Å². The minimum Gasteiger partial charge on any atom is -0.298 e. The summed E-state index contributed by atoms with van der Waals surface area (Å²) in [6.07, 6.45) is 5.09. The second kappa shape index (κ2) is 7.78. The zero-order chi connectivity index (χ0) is 19.3. The second-order valence-electron chi connectivity index (χ2n) is 5.80. The normalized spacial score (nSPS) is 10.2. The molecule has 3 heterocycles. The molecule has 0 aliphatic carbocycles. The summed E-state index contributed by atoms with van der Waals surface area (Å²) in [5, 5.41) is 12.5. The monoisotopic (exact) mass is 385 g/mol. The average molecular weight is 385 g/mol. The molecule has 7 heteroatoms. The summed E-state index contributed by atoms with van der Waals surface area (Å²) < 4.78 is 0. The minimum atomic E-state index is -0.295. The van der Waals surface area contributed by atoms with Crippen molar-refractivity contribution in [2.45, 2.75) is 0 Å². The van der Waals surface area contributed by atoms with Crippen LogP contribution in [-0.4, -0.2) is 20.9 Å². The summed E-state index contributed by atoms with van der Waals surface area (Å²) in [6.45, 7) is 0. The van der Waals surface area contributed by atoms with E-state index in [0.717, 1.165) is 22.5 Å². The number of aromatic nitrogens is 3. The number of nitrogens with one attached hydrogen (secondary N) is 1. The first-order chi connectivity index (χ1) is 13.7. The lowest BCUT2D eigenvalue weighted by molar-refractivity contribution is 0.102. The summed E-state index contributed by atoms with van der Waals surface area (Å²) in [6, 6.07) is 18.6. The van der Waals surface area contributed by atoms with Crippen LogP contribution in [0.3, 0.4) is 0 Å². The number of rotatable bonds is 4. The smallest absolute Gasteiger partial charge is 0.257 e. The summed E-state index contributed by atoms with van der Waals surface area (Å²) in [7, 11) is 0. The molecule has 0 bridgehead atoms. The first-order valence-electron chi connectivity index (χ1n) is 8.39. The molecule has 0 fully saturated rings. The number of anilines is 1. The van der Waals surface area contributed by atoms with Crippen LogP contribution in [0.1, 0.15) is 16.7 Å². The highest BCUT2D eigenvalue weighted by atomic mass is 32.1. The molecule has 0 radical (unpaired) electrons. The zero-order valence-corrected chi connectivity index (χ0v) is 15.4. The van der Waals surface area contributed by atoms with Gasteiger partial charge in [0, 0.05) is 31.1 Å². The van der Waals surface area contributed by atoms with Crippen LogP contribution < -0.4 is 5.32 Å². The van der Waals surface area contributed by atoms with Gasteiger partial charge < -0.3 is 0 Å². The van der Waals surface area contributed by atoms with E-state index < -0.39 is 0 Å². The van der Waals surface area contributed by atoms with Crippen LogP contribution in [0.25, 0.3) is 22.5 Å². The lowest BCUT2D eigenvalue weighted by Crippen LogP contribution is -2.11. The standard InChI is InChI=1S/C21H13N5OS.H2/c22-12-18-19(17-8-1-2-10-24-17)25-21(28-18)26-20(27)15-6-3-5-14(11-15)16-7-4-9-23-13-16;/h1-11,13H,(H,25,26,27);1H. The zero-order valence-electron chi connectivity index (χ0n) is 14.5. The molecule has 0 saturated carbocycles. The predicted molar refractivity (Wildman–Crippen MR) is 110 cm³/mol. The maximum atomic E-state index is 12.7. The molecule has 28 heavy (non-hydrogen) atoms. The number of hydrogen-bond donors (Lipinski definition) is 1. The lowest BCUT2D eigenvalue weighted by Gasteiger charge is -2.05. The van der Waals surface area contributed by atoms with Crippen molar-refractivity contribution in [3.05, 3.63) is 83.6 Å². The molecule has 0 aliphatic heterocycles. The minimum absolute atomic E-state index is 0. The van der Waals surface area contributed by atoms with Gasteiger partial charge in [-0.05, 0) is 35.9 Å². The number of hydrogen-bond acceptors (Lipinski definition) is 6. The SMILES string of the molecule is N#Cc1sc(NC(=O)c2cccc(-c3cccnc3)c2)nc1-c1ccccn1.[HH]. The Balaban J connectivity index is 0.00000240. The Morgan fingerprint density at radius 3 is 2.71 bits per heavy atom. The Bertz CT molecular complexity index is 1170. The van der Waals surface area contributed by atoms with Crippen molar-refractivity contribution in [1.29, 1.82) is 5.26 Å². The van der Waals surface area contributed by atoms with Crippen LogP contribution in [-0.2, 0) is 0 Å². The maximum absolute atomic E-state index is 12.7. The van der Waals surface area contributed by atoms with Gasteiger partial charge in [0.25, 0.3) is 5.91 Å². The van der Waals surface area contributed by atoms with E-state index in [2.05, 4.69) is 26.3 Å². The molecule has 1 amide bonds. The number of thiazole rings is 1. The maximum Gasteiger partial charge on any atom is 0.257 e. The molecular formula is C21H15N5OS. The molecule has 3 aromatic heterocycles. The van der Waals surface area contributed by atoms with Gasteiger partial charge in [0.1, 0.15) is 16.6 Å². The van der Waals surface area contributed by atoms with Gasteiger partial charge in [-0.3, -0.25) is 20.1 Å². The second-order valence-corrected chi connectivity index (χ2v) is 6.80. The van der Waals surface area contributed by atoms with Crippen LogP contribution in [0.2, 0.25) is 0 Å². The van der Waals surface area contributed by atoms with Crippen LogP contribution in [0.4, 0.5) is 5.13 Å². The van der Waals surface area contributed by atoms with Crippen molar-refractivity contribution in [1.82, 2.24) is 15.0 Å². The summed E-state index contributed by atoms with van der Waals surface area (Å²) in [4.78, 5) is 25.8. The fourth-order valence-electron chi connectivity index (χ4n) is 2.67. The third-order valence-electron chi connectivity index (χ3n) is 3.98. The first kappa shape index (κ1) is 17.5. The van der Waals surface area contributed by atoms with E-state index in [4.69, 9.17) is 0 Å². The van der Waals surface area contributed by atoms with Crippen molar-refractivity contribution in [2.24, 2.45) is 0 Å². The average Bonchev–Trinajstić information content (AvgIpc) is 3.18. The van der Waals surface area contributed by atoms with E-state index in [0.29, 0.717) is 27.0 Å². The Kier molecular flexibility index (Phi) is 4.87. The largest absolute Gasteiger partial charge is 0.298 e. The Morgan fingerprint density at radius 1 is 1.07 bits per heavy atom. The van der Waals surface area contributed by atoms with Crippen molar-refractivity contribution in [3.8, 4) is 28.6 Å². The van der Waals surface area contributed by atoms with Gasteiger partial charge in [-0.1, -0.05) is 35.6 Å². The highest BCUT2D eigenvalue weighted by molar-refractivity contribution is 7.16. The van der Waals surface area contributed by atoms with E-state index in [1.807, 2.05) is 30.3 Å². The summed E-state index contributed by atoms with van der Waals surface area (Å²) >= 11 is 1.12. The van der Waals surface area contributed by atoms with E-state index in [-0.39, 0.29) is 7.33 Å². The highest BCUT2D eigenvalue weighted by Crippen LogP contribution is 2.29. The van der Waals surface area contributed by atoms with Gasteiger partial charge in [0.15, 0.2) is 5.13 Å². The van der Waals surface area contributed by atoms with E-state index in [1.165, 1.54) is 0 Å². The number of benzene rings is 1. The van der Waals surface area contributed by atoms with Crippen molar-refractivity contribution in [2.75, 3.05) is 5.32 Å². The topological polar surface area (TPSA) is 91.6 Å². The molecule has 0 saturated heterocycles. The number of amides is 1. The first-order valence-corrected chi connectivity index (χ1v) is 9.20. The number of carbonyl (C=O) groups excluding carboxylic acids is 1. The molecule has 0 atom stereocenters.